The van der Waals surface area contributed by atoms with Crippen molar-refractivity contribution in [2.75, 3.05) is 7.11 Å². The number of aryl methyl sites for hydroxylation is 1. The van der Waals surface area contributed by atoms with Crippen LogP contribution in [-0.4, -0.2) is 12.7 Å². The molecule has 21 heavy (non-hydrogen) atoms. The van der Waals surface area contributed by atoms with Crippen molar-refractivity contribution in [1.82, 2.24) is 0 Å². The normalized spacial score (nSPS) is 38.1. The monoisotopic (exact) mass is 285 g/mol. The van der Waals surface area contributed by atoms with Gasteiger partial charge in [-0.05, 0) is 80.2 Å². The second-order valence-electron chi connectivity index (χ2n) is 6.98. The Labute approximate surface area is 128 Å². The van der Waals surface area contributed by atoms with E-state index < -0.39 is 0 Å². The van der Waals surface area contributed by atoms with E-state index in [1.54, 1.807) is 13.4 Å². The Kier molecular flexibility index (Phi) is 2.77. The van der Waals surface area contributed by atoms with E-state index in [2.05, 4.69) is 25.1 Å². The number of hydrogen-bond acceptors (Lipinski definition) is 2. The largest absolute Gasteiger partial charge is 0.497 e. The second kappa shape index (κ2) is 4.79. The Balaban J connectivity index is 1.69. The van der Waals surface area contributed by atoms with Crippen LogP contribution in [0.2, 0.25) is 0 Å². The van der Waals surface area contributed by atoms with Gasteiger partial charge in [0, 0.05) is 5.92 Å². The molecule has 1 aliphatic heterocycles. The second-order valence-corrected chi connectivity index (χ2v) is 6.98. The molecule has 0 bridgehead atoms. The molecule has 1 aromatic carbocycles. The molecule has 0 N–H and O–H groups in total. The maximum atomic E-state index is 8.01. The maximum Gasteiger partial charge on any atom is 0.119 e. The maximum absolute atomic E-state index is 8.01. The molecule has 0 spiro atoms. The molecule has 0 saturated heterocycles. The van der Waals surface area contributed by atoms with Crippen LogP contribution < -0.4 is 4.74 Å². The quantitative estimate of drug-likeness (QED) is 0.759. The van der Waals surface area contributed by atoms with Crippen molar-refractivity contribution in [3.05, 3.63) is 41.6 Å². The Morgan fingerprint density at radius 1 is 1.38 bits per heavy atom. The van der Waals surface area contributed by atoms with Gasteiger partial charge in [0.05, 0.1) is 14.7 Å². The van der Waals surface area contributed by atoms with E-state index in [1.165, 1.54) is 24.0 Å². The molecule has 2 nitrogen and oxygen atoms in total. The zero-order valence-corrected chi connectivity index (χ0v) is 12.9. The van der Waals surface area contributed by atoms with Crippen LogP contribution in [0.3, 0.4) is 0 Å². The molecule has 1 aromatic rings. The predicted octanol–water partition coefficient (Wildman–Crippen LogP) is 4.44. The predicted molar refractivity (Wildman–Crippen MR) is 83.5 cm³/mol. The summed E-state index contributed by atoms with van der Waals surface area (Å²) in [4.78, 5) is 0. The number of benzene rings is 1. The first kappa shape index (κ1) is 12.1. The van der Waals surface area contributed by atoms with Gasteiger partial charge in [-0.3, -0.25) is 0 Å². The molecule has 0 aromatic heterocycles. The lowest BCUT2D eigenvalue weighted by molar-refractivity contribution is -0.0886. The average molecular weight is 285 g/mol. The highest BCUT2D eigenvalue weighted by molar-refractivity contribution is 5.40. The van der Waals surface area contributed by atoms with Crippen molar-refractivity contribution >= 4 is 0 Å². The molecule has 2 aliphatic carbocycles. The fourth-order valence-electron chi connectivity index (χ4n) is 4.84. The van der Waals surface area contributed by atoms with Crippen LogP contribution in [0.4, 0.5) is 0 Å². The van der Waals surface area contributed by atoms with Gasteiger partial charge in [0.25, 0.3) is 0 Å². The van der Waals surface area contributed by atoms with Gasteiger partial charge in [0.1, 0.15) is 11.4 Å². The van der Waals surface area contributed by atoms with Gasteiger partial charge in [-0.15, -0.1) is 0 Å². The number of hydrogen-bond donors (Lipinski definition) is 0. The lowest BCUT2D eigenvalue weighted by Crippen LogP contribution is -2.49. The lowest BCUT2D eigenvalue weighted by atomic mass is 9.57. The standard InChI is InChI=1S/C19H24O2/c1-19-10-9-16-15-8-6-14(20-2)12-13(15)5-7-17(16)18(19)4-3-11-21-19/h3,6,8,11-12,16-18H,4-5,7,9-10H2,1-2H3/t16?,17?,18-,19-/m0/s1/i3D. The number of methoxy groups -OCH3 is 1. The molecule has 0 radical (unpaired) electrons. The molecule has 0 amide bonds. The van der Waals surface area contributed by atoms with E-state index in [9.17, 15) is 0 Å². The molecule has 3 aliphatic rings. The Bertz CT molecular complexity index is 624. The van der Waals surface area contributed by atoms with Crippen LogP contribution in [-0.2, 0) is 11.2 Å². The minimum Gasteiger partial charge on any atom is -0.497 e. The fraction of sp³-hybridized carbons (Fsp3) is 0.579. The Morgan fingerprint density at radius 3 is 3.14 bits per heavy atom. The van der Waals surface area contributed by atoms with Crippen molar-refractivity contribution < 1.29 is 10.8 Å². The van der Waals surface area contributed by atoms with Crippen LogP contribution >= 0.6 is 0 Å². The first-order valence-electron chi connectivity index (χ1n) is 8.61. The van der Waals surface area contributed by atoms with Crippen LogP contribution in [0, 0.1) is 11.8 Å². The first-order valence-corrected chi connectivity index (χ1v) is 8.11. The third-order valence-corrected chi connectivity index (χ3v) is 6.02. The highest BCUT2D eigenvalue weighted by Gasteiger charge is 2.49. The first-order chi connectivity index (χ1) is 10.6. The number of ether oxygens (including phenoxy) is 2. The summed E-state index contributed by atoms with van der Waals surface area (Å²) in [6.07, 6.45) is 7.17. The lowest BCUT2D eigenvalue weighted by Gasteiger charge is -2.52. The van der Waals surface area contributed by atoms with E-state index >= 15 is 0 Å². The summed E-state index contributed by atoms with van der Waals surface area (Å²) in [7, 11) is 1.74. The smallest absolute Gasteiger partial charge is 0.119 e. The fourth-order valence-corrected chi connectivity index (χ4v) is 4.84. The summed E-state index contributed by atoms with van der Waals surface area (Å²) in [5.74, 6) is 2.73. The van der Waals surface area contributed by atoms with E-state index in [1.807, 2.05) is 0 Å². The number of rotatable bonds is 1. The van der Waals surface area contributed by atoms with Gasteiger partial charge < -0.3 is 9.47 Å². The molecule has 1 saturated carbocycles. The number of fused-ring (bicyclic) bond motifs is 5. The molecule has 2 unspecified atom stereocenters. The molecule has 112 valence electrons. The van der Waals surface area contributed by atoms with E-state index in [-0.39, 0.29) is 5.60 Å². The van der Waals surface area contributed by atoms with Crippen LogP contribution in [0.5, 0.6) is 5.75 Å². The van der Waals surface area contributed by atoms with Gasteiger partial charge in [0.15, 0.2) is 0 Å². The minimum atomic E-state index is -0.0598. The minimum absolute atomic E-state index is 0.0598. The number of allylic oxidation sites excluding steroid dienone is 1. The molecule has 1 heterocycles. The molecule has 2 heteroatoms. The van der Waals surface area contributed by atoms with Gasteiger partial charge in [-0.25, -0.2) is 0 Å². The molecule has 4 atom stereocenters. The van der Waals surface area contributed by atoms with Crippen molar-refractivity contribution in [1.29, 1.82) is 0 Å². The zero-order valence-electron chi connectivity index (χ0n) is 13.9. The van der Waals surface area contributed by atoms with Crippen molar-refractivity contribution in [3.8, 4) is 5.75 Å². The highest BCUT2D eigenvalue weighted by atomic mass is 16.5. The van der Waals surface area contributed by atoms with Crippen molar-refractivity contribution in [2.24, 2.45) is 11.8 Å². The summed E-state index contributed by atoms with van der Waals surface area (Å²) in [6.45, 7) is 2.25. The zero-order chi connectivity index (χ0) is 15.3. The Hall–Kier alpha value is -1.44. The molecular formula is C19H24O2. The van der Waals surface area contributed by atoms with Gasteiger partial charge in [0.2, 0.25) is 0 Å². The molecule has 1 fully saturated rings. The topological polar surface area (TPSA) is 18.5 Å². The summed E-state index contributed by atoms with van der Waals surface area (Å²) in [6, 6.07) is 7.24. The molecule has 4 rings (SSSR count). The van der Waals surface area contributed by atoms with Gasteiger partial charge in [-0.2, -0.15) is 0 Å². The summed E-state index contributed by atoms with van der Waals surface area (Å²) in [5, 5.41) is 0. The summed E-state index contributed by atoms with van der Waals surface area (Å²) < 4.78 is 19.4. The van der Waals surface area contributed by atoms with Gasteiger partial charge >= 0.3 is 0 Å². The van der Waals surface area contributed by atoms with E-state index in [0.29, 0.717) is 23.8 Å². The Morgan fingerprint density at radius 2 is 2.29 bits per heavy atom. The summed E-state index contributed by atoms with van der Waals surface area (Å²) >= 11 is 0. The van der Waals surface area contributed by atoms with Crippen LogP contribution in [0.25, 0.3) is 0 Å². The van der Waals surface area contributed by atoms with Crippen molar-refractivity contribution in [3.63, 3.8) is 0 Å². The highest BCUT2D eigenvalue weighted by Crippen LogP contribution is 2.54. The summed E-state index contributed by atoms with van der Waals surface area (Å²) in [5.41, 5.74) is 2.91. The average Bonchev–Trinajstić information content (AvgIpc) is 2.54. The van der Waals surface area contributed by atoms with E-state index in [0.717, 1.165) is 25.0 Å². The SMILES string of the molecule is [2H]C1=CO[C@@]2(C)CCC3c4ccc(OC)cc4CCC3[C@@H]2C1. The third-order valence-electron chi connectivity index (χ3n) is 6.02. The van der Waals surface area contributed by atoms with Crippen LogP contribution in [0.1, 0.15) is 51.0 Å². The molecular weight excluding hydrogens is 260 g/mol. The van der Waals surface area contributed by atoms with Crippen molar-refractivity contribution in [2.45, 2.75) is 50.5 Å². The van der Waals surface area contributed by atoms with Gasteiger partial charge in [-0.1, -0.05) is 6.07 Å². The third kappa shape index (κ3) is 1.99. The van der Waals surface area contributed by atoms with E-state index in [4.69, 9.17) is 10.8 Å². The van der Waals surface area contributed by atoms with Crippen LogP contribution in [0.15, 0.2) is 30.5 Å².